The molecule has 0 aliphatic carbocycles. The van der Waals surface area contributed by atoms with Gasteiger partial charge in [0.1, 0.15) is 0 Å². The molecule has 0 radical (unpaired) electrons. The zero-order chi connectivity index (χ0) is 15.6. The van der Waals surface area contributed by atoms with Crippen LogP contribution in [0, 0.1) is 5.41 Å². The van der Waals surface area contributed by atoms with Gasteiger partial charge in [-0.15, -0.1) is 0 Å². The van der Waals surface area contributed by atoms with Crippen LogP contribution in [0.5, 0.6) is 0 Å². The molecule has 0 saturated carbocycles. The van der Waals surface area contributed by atoms with Gasteiger partial charge in [0.2, 0.25) is 0 Å². The topological polar surface area (TPSA) is 53.0 Å². The lowest BCUT2D eigenvalue weighted by Gasteiger charge is -2.44. The second-order valence-electron chi connectivity index (χ2n) is 6.53. The predicted octanol–water partition coefficient (Wildman–Crippen LogP) is 2.28. The molecule has 1 aromatic carbocycles. The molecule has 0 aromatic heterocycles. The fourth-order valence-electron chi connectivity index (χ4n) is 4.02. The zero-order valence-electron chi connectivity index (χ0n) is 13.1. The third-order valence-electron chi connectivity index (χ3n) is 5.12. The van der Waals surface area contributed by atoms with E-state index in [0.29, 0.717) is 13.1 Å². The van der Waals surface area contributed by atoms with Crippen LogP contribution in [0.25, 0.3) is 0 Å². The largest absolute Gasteiger partial charge is 0.465 e. The number of benzene rings is 1. The lowest BCUT2D eigenvalue weighted by Crippen LogP contribution is -2.54. The number of methoxy groups -OCH3 is 1. The van der Waals surface area contributed by atoms with Gasteiger partial charge < -0.3 is 14.7 Å². The van der Waals surface area contributed by atoms with E-state index in [9.17, 15) is 9.90 Å². The Bertz CT molecular complexity index is 522. The van der Waals surface area contributed by atoms with Crippen LogP contribution in [0.2, 0.25) is 0 Å². The minimum atomic E-state index is -0.810. The third-order valence-corrected chi connectivity index (χ3v) is 5.12. The predicted molar refractivity (Wildman–Crippen MR) is 83.8 cm³/mol. The normalized spacial score (nSPS) is 29.1. The lowest BCUT2D eigenvalue weighted by molar-refractivity contribution is -0.0587. The molecule has 5 nitrogen and oxygen atoms in total. The Hall–Kier alpha value is -1.59. The molecule has 2 heterocycles. The van der Waals surface area contributed by atoms with Crippen LogP contribution in [0.3, 0.4) is 0 Å². The molecular formula is C17H24N2O3. The Labute approximate surface area is 131 Å². The highest BCUT2D eigenvalue weighted by Gasteiger charge is 2.49. The van der Waals surface area contributed by atoms with Gasteiger partial charge in [-0.3, -0.25) is 4.90 Å². The molecule has 1 N–H and O–H groups in total. The molecule has 0 bridgehead atoms. The SMILES string of the molecule is COC1CCN(C(=O)O)CC12CCN(Cc1ccccc1)C2. The first kappa shape index (κ1) is 15.3. The van der Waals surface area contributed by atoms with E-state index in [2.05, 4.69) is 29.2 Å². The maximum absolute atomic E-state index is 11.3. The summed E-state index contributed by atoms with van der Waals surface area (Å²) in [6.45, 7) is 4.00. The van der Waals surface area contributed by atoms with Gasteiger partial charge in [-0.1, -0.05) is 30.3 Å². The highest BCUT2D eigenvalue weighted by molar-refractivity contribution is 5.65. The summed E-state index contributed by atoms with van der Waals surface area (Å²) in [5, 5.41) is 9.31. The molecule has 2 aliphatic heterocycles. The Kier molecular flexibility index (Phi) is 4.36. The summed E-state index contributed by atoms with van der Waals surface area (Å²) in [6, 6.07) is 10.4. The molecule has 1 spiro atoms. The van der Waals surface area contributed by atoms with Crippen molar-refractivity contribution in [3.63, 3.8) is 0 Å². The van der Waals surface area contributed by atoms with Gasteiger partial charge in [0.05, 0.1) is 6.10 Å². The van der Waals surface area contributed by atoms with Gasteiger partial charge in [-0.05, 0) is 24.9 Å². The number of amides is 1. The summed E-state index contributed by atoms with van der Waals surface area (Å²) in [7, 11) is 1.75. The molecular weight excluding hydrogens is 280 g/mol. The highest BCUT2D eigenvalue weighted by Crippen LogP contribution is 2.41. The van der Waals surface area contributed by atoms with Crippen molar-refractivity contribution in [2.75, 3.05) is 33.3 Å². The van der Waals surface area contributed by atoms with E-state index < -0.39 is 6.09 Å². The van der Waals surface area contributed by atoms with E-state index in [4.69, 9.17) is 4.74 Å². The molecule has 2 saturated heterocycles. The van der Waals surface area contributed by atoms with Crippen LogP contribution in [-0.4, -0.2) is 60.4 Å². The van der Waals surface area contributed by atoms with Gasteiger partial charge >= 0.3 is 6.09 Å². The number of piperidine rings is 1. The number of likely N-dealkylation sites (tertiary alicyclic amines) is 2. The number of nitrogens with zero attached hydrogens (tertiary/aromatic N) is 2. The van der Waals surface area contributed by atoms with Crippen LogP contribution < -0.4 is 0 Å². The standard InChI is InChI=1S/C17H24N2O3/c1-22-15-7-9-19(16(20)21)13-17(15)8-10-18(12-17)11-14-5-3-2-4-6-14/h2-6,15H,7-13H2,1H3,(H,20,21). The summed E-state index contributed by atoms with van der Waals surface area (Å²) < 4.78 is 5.71. The third kappa shape index (κ3) is 2.96. The molecule has 3 rings (SSSR count). The smallest absolute Gasteiger partial charge is 0.407 e. The first-order valence-corrected chi connectivity index (χ1v) is 7.90. The van der Waals surface area contributed by atoms with E-state index in [1.165, 1.54) is 5.56 Å². The van der Waals surface area contributed by atoms with Crippen LogP contribution in [-0.2, 0) is 11.3 Å². The second-order valence-corrected chi connectivity index (χ2v) is 6.53. The molecule has 2 unspecified atom stereocenters. The van der Waals surface area contributed by atoms with Crippen molar-refractivity contribution in [2.45, 2.75) is 25.5 Å². The monoisotopic (exact) mass is 304 g/mol. The number of hydrogen-bond acceptors (Lipinski definition) is 3. The van der Waals surface area contributed by atoms with E-state index in [1.807, 2.05) is 6.07 Å². The van der Waals surface area contributed by atoms with Crippen LogP contribution in [0.15, 0.2) is 30.3 Å². The summed E-state index contributed by atoms with van der Waals surface area (Å²) in [6.07, 6.45) is 1.14. The van der Waals surface area contributed by atoms with Crippen molar-refractivity contribution in [1.29, 1.82) is 0 Å². The average Bonchev–Trinajstić information content (AvgIpc) is 2.91. The van der Waals surface area contributed by atoms with Gasteiger partial charge in [0.15, 0.2) is 0 Å². The fourth-order valence-corrected chi connectivity index (χ4v) is 4.02. The summed E-state index contributed by atoms with van der Waals surface area (Å²) in [5.41, 5.74) is 1.25. The van der Waals surface area contributed by atoms with Crippen LogP contribution >= 0.6 is 0 Å². The van der Waals surface area contributed by atoms with Gasteiger partial charge in [0, 0.05) is 38.7 Å². The molecule has 5 heteroatoms. The molecule has 1 amide bonds. The molecule has 120 valence electrons. The van der Waals surface area contributed by atoms with Crippen molar-refractivity contribution in [3.05, 3.63) is 35.9 Å². The molecule has 2 fully saturated rings. The van der Waals surface area contributed by atoms with Crippen molar-refractivity contribution in [1.82, 2.24) is 9.80 Å². The first-order chi connectivity index (χ1) is 10.6. The number of ether oxygens (including phenoxy) is 1. The molecule has 22 heavy (non-hydrogen) atoms. The summed E-state index contributed by atoms with van der Waals surface area (Å²) >= 11 is 0. The van der Waals surface area contributed by atoms with E-state index in [-0.39, 0.29) is 11.5 Å². The van der Waals surface area contributed by atoms with Gasteiger partial charge in [0.25, 0.3) is 0 Å². The minimum Gasteiger partial charge on any atom is -0.465 e. The van der Waals surface area contributed by atoms with E-state index >= 15 is 0 Å². The Morgan fingerprint density at radius 3 is 2.77 bits per heavy atom. The number of carboxylic acid groups (broad SMARTS) is 1. The average molecular weight is 304 g/mol. The minimum absolute atomic E-state index is 0.0554. The quantitative estimate of drug-likeness (QED) is 0.931. The van der Waals surface area contributed by atoms with Crippen molar-refractivity contribution < 1.29 is 14.6 Å². The maximum atomic E-state index is 11.3. The van der Waals surface area contributed by atoms with Crippen molar-refractivity contribution >= 4 is 6.09 Å². The van der Waals surface area contributed by atoms with Crippen LogP contribution in [0.4, 0.5) is 4.79 Å². The first-order valence-electron chi connectivity index (χ1n) is 7.90. The Morgan fingerprint density at radius 2 is 2.09 bits per heavy atom. The number of hydrogen-bond donors (Lipinski definition) is 1. The highest BCUT2D eigenvalue weighted by atomic mass is 16.5. The second kappa shape index (κ2) is 6.26. The lowest BCUT2D eigenvalue weighted by atomic mass is 9.76. The van der Waals surface area contributed by atoms with E-state index in [0.717, 1.165) is 32.5 Å². The number of rotatable bonds is 3. The maximum Gasteiger partial charge on any atom is 0.407 e. The van der Waals surface area contributed by atoms with Crippen molar-refractivity contribution in [3.8, 4) is 0 Å². The fraction of sp³-hybridized carbons (Fsp3) is 0.588. The van der Waals surface area contributed by atoms with E-state index in [1.54, 1.807) is 12.0 Å². The van der Waals surface area contributed by atoms with Gasteiger partial charge in [-0.25, -0.2) is 4.79 Å². The zero-order valence-corrected chi connectivity index (χ0v) is 13.1. The summed E-state index contributed by atoms with van der Waals surface area (Å²) in [4.78, 5) is 15.3. The molecule has 1 aromatic rings. The van der Waals surface area contributed by atoms with Crippen LogP contribution in [0.1, 0.15) is 18.4 Å². The Morgan fingerprint density at radius 1 is 1.32 bits per heavy atom. The summed E-state index contributed by atoms with van der Waals surface area (Å²) in [5.74, 6) is 0. The molecule has 2 atom stereocenters. The van der Waals surface area contributed by atoms with Crippen molar-refractivity contribution in [2.24, 2.45) is 5.41 Å². The number of carbonyl (C=O) groups is 1. The van der Waals surface area contributed by atoms with Gasteiger partial charge in [-0.2, -0.15) is 0 Å². The Balaban J connectivity index is 1.70. The molecule has 2 aliphatic rings.